The Labute approximate surface area is 163 Å². The minimum absolute atomic E-state index is 0.0872. The van der Waals surface area contributed by atoms with Gasteiger partial charge in [-0.05, 0) is 35.9 Å². The zero-order valence-electron chi connectivity index (χ0n) is 15.2. The number of hydrogen-bond acceptors (Lipinski definition) is 3. The zero-order valence-corrected chi connectivity index (χ0v) is 16.0. The van der Waals surface area contributed by atoms with Gasteiger partial charge in [0.1, 0.15) is 5.82 Å². The Bertz CT molecular complexity index is 1090. The van der Waals surface area contributed by atoms with Crippen molar-refractivity contribution in [2.45, 2.75) is 6.54 Å². The van der Waals surface area contributed by atoms with Crippen molar-refractivity contribution >= 4 is 27.3 Å². The molecule has 3 aromatic carbocycles. The molecule has 0 unspecified atom stereocenters. The van der Waals surface area contributed by atoms with Crippen LogP contribution in [-0.4, -0.2) is 20.6 Å². The molecular formula is C21H19FN2O3S. The molecule has 144 valence electrons. The third-order valence-electron chi connectivity index (χ3n) is 4.07. The number of halogens is 1. The van der Waals surface area contributed by atoms with Crippen LogP contribution in [0.5, 0.6) is 0 Å². The molecule has 0 atom stereocenters. The van der Waals surface area contributed by atoms with Crippen molar-refractivity contribution in [2.75, 3.05) is 15.9 Å². The lowest BCUT2D eigenvalue weighted by molar-refractivity contribution is 0.102. The first-order chi connectivity index (χ1) is 13.3. The highest BCUT2D eigenvalue weighted by Crippen LogP contribution is 2.26. The molecular weight excluding hydrogens is 379 g/mol. The van der Waals surface area contributed by atoms with Crippen LogP contribution in [0.15, 0.2) is 78.9 Å². The molecule has 28 heavy (non-hydrogen) atoms. The first kappa shape index (κ1) is 19.6. The Balaban J connectivity index is 1.97. The molecule has 7 heteroatoms. The highest BCUT2D eigenvalue weighted by atomic mass is 32.2. The van der Waals surface area contributed by atoms with Gasteiger partial charge >= 0.3 is 0 Å². The van der Waals surface area contributed by atoms with Gasteiger partial charge in [-0.25, -0.2) is 12.8 Å². The molecule has 0 bridgehead atoms. The van der Waals surface area contributed by atoms with E-state index >= 15 is 0 Å². The average Bonchev–Trinajstić information content (AvgIpc) is 2.66. The molecule has 0 saturated carbocycles. The Hall–Kier alpha value is -3.19. The molecule has 1 amide bonds. The normalized spacial score (nSPS) is 11.1. The van der Waals surface area contributed by atoms with E-state index in [0.717, 1.165) is 11.8 Å². The van der Waals surface area contributed by atoms with Crippen LogP contribution in [-0.2, 0) is 16.6 Å². The highest BCUT2D eigenvalue weighted by molar-refractivity contribution is 7.92. The minimum atomic E-state index is -3.66. The Morgan fingerprint density at radius 1 is 0.964 bits per heavy atom. The maximum absolute atomic E-state index is 13.4. The maximum atomic E-state index is 13.4. The predicted octanol–water partition coefficient (Wildman–Crippen LogP) is 4.04. The van der Waals surface area contributed by atoms with Crippen LogP contribution >= 0.6 is 0 Å². The van der Waals surface area contributed by atoms with Crippen molar-refractivity contribution in [3.8, 4) is 0 Å². The summed E-state index contributed by atoms with van der Waals surface area (Å²) in [4.78, 5) is 12.8. The summed E-state index contributed by atoms with van der Waals surface area (Å²) in [5, 5.41) is 2.61. The van der Waals surface area contributed by atoms with Crippen molar-refractivity contribution in [2.24, 2.45) is 0 Å². The largest absolute Gasteiger partial charge is 0.322 e. The minimum Gasteiger partial charge on any atom is -0.322 e. The topological polar surface area (TPSA) is 66.5 Å². The first-order valence-corrected chi connectivity index (χ1v) is 10.4. The van der Waals surface area contributed by atoms with E-state index in [1.54, 1.807) is 24.3 Å². The number of sulfonamides is 1. The molecule has 0 aromatic heterocycles. The van der Waals surface area contributed by atoms with Crippen LogP contribution < -0.4 is 9.62 Å². The van der Waals surface area contributed by atoms with Gasteiger partial charge in [-0.1, -0.05) is 48.5 Å². The van der Waals surface area contributed by atoms with Gasteiger partial charge in [-0.3, -0.25) is 9.10 Å². The second kappa shape index (κ2) is 8.22. The van der Waals surface area contributed by atoms with Gasteiger partial charge in [0.05, 0.1) is 24.1 Å². The monoisotopic (exact) mass is 398 g/mol. The Morgan fingerprint density at radius 3 is 2.32 bits per heavy atom. The van der Waals surface area contributed by atoms with E-state index in [-0.39, 0.29) is 23.5 Å². The summed E-state index contributed by atoms with van der Waals surface area (Å²) >= 11 is 0. The molecule has 1 N–H and O–H groups in total. The third-order valence-corrected chi connectivity index (χ3v) is 5.20. The van der Waals surface area contributed by atoms with Gasteiger partial charge in [-0.2, -0.15) is 0 Å². The predicted molar refractivity (Wildman–Crippen MR) is 108 cm³/mol. The fraction of sp³-hybridized carbons (Fsp3) is 0.0952. The van der Waals surface area contributed by atoms with E-state index in [4.69, 9.17) is 0 Å². The molecule has 0 aliphatic carbocycles. The van der Waals surface area contributed by atoms with Gasteiger partial charge in [-0.15, -0.1) is 0 Å². The fourth-order valence-electron chi connectivity index (χ4n) is 2.78. The number of para-hydroxylation sites is 1. The van der Waals surface area contributed by atoms with Crippen LogP contribution in [0.25, 0.3) is 0 Å². The number of benzene rings is 3. The Kier molecular flexibility index (Phi) is 5.75. The van der Waals surface area contributed by atoms with Crippen molar-refractivity contribution in [1.82, 2.24) is 0 Å². The molecule has 0 aliphatic heterocycles. The van der Waals surface area contributed by atoms with Gasteiger partial charge in [0.15, 0.2) is 0 Å². The van der Waals surface area contributed by atoms with Crippen LogP contribution in [0, 0.1) is 5.82 Å². The number of carbonyl (C=O) groups excluding carboxylic acids is 1. The van der Waals surface area contributed by atoms with Gasteiger partial charge in [0, 0.05) is 5.69 Å². The van der Waals surface area contributed by atoms with Crippen LogP contribution in [0.3, 0.4) is 0 Å². The Morgan fingerprint density at radius 2 is 1.64 bits per heavy atom. The van der Waals surface area contributed by atoms with Crippen molar-refractivity contribution in [3.05, 3.63) is 95.8 Å². The maximum Gasteiger partial charge on any atom is 0.257 e. The summed E-state index contributed by atoms with van der Waals surface area (Å²) in [5.74, 6) is -1.00. The highest BCUT2D eigenvalue weighted by Gasteiger charge is 2.23. The second-order valence-electron chi connectivity index (χ2n) is 6.24. The van der Waals surface area contributed by atoms with Gasteiger partial charge in [0.2, 0.25) is 10.0 Å². The average molecular weight is 398 g/mol. The van der Waals surface area contributed by atoms with Crippen LogP contribution in [0.4, 0.5) is 15.8 Å². The third kappa shape index (κ3) is 4.75. The molecule has 0 fully saturated rings. The summed E-state index contributed by atoms with van der Waals surface area (Å²) in [6.45, 7) is 0.0872. The number of rotatable bonds is 6. The zero-order chi connectivity index (χ0) is 20.1. The van der Waals surface area contributed by atoms with E-state index in [1.165, 1.54) is 28.6 Å². The molecule has 3 rings (SSSR count). The lowest BCUT2D eigenvalue weighted by atomic mass is 10.1. The van der Waals surface area contributed by atoms with Crippen LogP contribution in [0.2, 0.25) is 0 Å². The second-order valence-corrected chi connectivity index (χ2v) is 8.14. The SMILES string of the molecule is CS(=O)(=O)N(Cc1ccccc1)c1ccccc1C(=O)Nc1cccc(F)c1. The molecule has 0 spiro atoms. The number of amides is 1. The number of nitrogens with zero attached hydrogens (tertiary/aromatic N) is 1. The number of carbonyl (C=O) groups is 1. The van der Waals surface area contributed by atoms with Crippen molar-refractivity contribution < 1.29 is 17.6 Å². The molecule has 3 aromatic rings. The van der Waals surface area contributed by atoms with Crippen molar-refractivity contribution in [1.29, 1.82) is 0 Å². The fourth-order valence-corrected chi connectivity index (χ4v) is 3.68. The molecule has 0 aliphatic rings. The smallest absolute Gasteiger partial charge is 0.257 e. The standard InChI is InChI=1S/C21H19FN2O3S/c1-28(26,27)24(15-16-8-3-2-4-9-16)20-13-6-5-12-19(20)21(25)23-18-11-7-10-17(22)14-18/h2-14H,15H2,1H3,(H,23,25). The summed E-state index contributed by atoms with van der Waals surface area (Å²) in [6, 6.07) is 21.0. The molecule has 0 saturated heterocycles. The number of hydrogen-bond donors (Lipinski definition) is 1. The lowest BCUT2D eigenvalue weighted by Gasteiger charge is -2.24. The van der Waals surface area contributed by atoms with Crippen molar-refractivity contribution in [3.63, 3.8) is 0 Å². The molecule has 0 radical (unpaired) electrons. The summed E-state index contributed by atoms with van der Waals surface area (Å²) < 4.78 is 39.5. The van der Waals surface area contributed by atoms with Crippen LogP contribution in [0.1, 0.15) is 15.9 Å². The summed E-state index contributed by atoms with van der Waals surface area (Å²) in [6.07, 6.45) is 1.09. The number of nitrogens with one attached hydrogen (secondary N) is 1. The molecule has 5 nitrogen and oxygen atoms in total. The van der Waals surface area contributed by atoms with E-state index in [1.807, 2.05) is 30.3 Å². The van der Waals surface area contributed by atoms with Gasteiger partial charge in [0.25, 0.3) is 5.91 Å². The summed E-state index contributed by atoms with van der Waals surface area (Å²) in [7, 11) is -3.66. The van der Waals surface area contributed by atoms with E-state index in [0.29, 0.717) is 0 Å². The van der Waals surface area contributed by atoms with Gasteiger partial charge < -0.3 is 5.32 Å². The first-order valence-electron chi connectivity index (χ1n) is 8.52. The number of anilines is 2. The summed E-state index contributed by atoms with van der Waals surface area (Å²) in [5.41, 5.74) is 1.50. The van der Waals surface area contributed by atoms with E-state index in [2.05, 4.69) is 5.32 Å². The van der Waals surface area contributed by atoms with E-state index in [9.17, 15) is 17.6 Å². The quantitative estimate of drug-likeness (QED) is 0.681. The van der Waals surface area contributed by atoms with E-state index < -0.39 is 21.7 Å². The lowest BCUT2D eigenvalue weighted by Crippen LogP contribution is -2.31. The molecule has 0 heterocycles.